The van der Waals surface area contributed by atoms with Crippen LogP contribution in [0.5, 0.6) is 0 Å². The molecule has 0 heterocycles. The summed E-state index contributed by atoms with van der Waals surface area (Å²) >= 11 is 0. The molecule has 2 amide bonds. The molecule has 0 aliphatic carbocycles. The van der Waals surface area contributed by atoms with Crippen LogP contribution < -0.4 is 5.32 Å². The van der Waals surface area contributed by atoms with Crippen molar-refractivity contribution >= 4 is 23.5 Å². The zero-order valence-electron chi connectivity index (χ0n) is 11.8. The largest absolute Gasteiger partial charge is 0.465 e. The van der Waals surface area contributed by atoms with Crippen LogP contribution in [0.1, 0.15) is 12.5 Å². The summed E-state index contributed by atoms with van der Waals surface area (Å²) in [5.74, 6) is -2.13. The molecule has 0 radical (unpaired) electrons. The molecule has 0 fully saturated rings. The van der Waals surface area contributed by atoms with Crippen molar-refractivity contribution in [1.82, 2.24) is 4.90 Å². The molecular weight excluding hydrogens is 260 g/mol. The summed E-state index contributed by atoms with van der Waals surface area (Å²) in [7, 11) is 1.37. The number of hydrogen-bond acceptors (Lipinski definition) is 4. The van der Waals surface area contributed by atoms with E-state index >= 15 is 0 Å². The minimum Gasteiger partial charge on any atom is -0.465 e. The molecule has 0 aliphatic heterocycles. The Kier molecular flexibility index (Phi) is 5.71. The number of aryl methyl sites for hydroxylation is 1. The van der Waals surface area contributed by atoms with Crippen molar-refractivity contribution in [2.75, 3.05) is 25.5 Å². The highest BCUT2D eigenvalue weighted by Crippen LogP contribution is 2.08. The third-order valence-electron chi connectivity index (χ3n) is 2.52. The summed E-state index contributed by atoms with van der Waals surface area (Å²) in [6, 6.07) is 7.04. The van der Waals surface area contributed by atoms with E-state index in [1.807, 2.05) is 19.1 Å². The van der Waals surface area contributed by atoms with Crippen LogP contribution in [0.3, 0.4) is 0 Å². The monoisotopic (exact) mass is 278 g/mol. The van der Waals surface area contributed by atoms with Gasteiger partial charge in [-0.25, -0.2) is 0 Å². The SMILES string of the molecule is CCOC(=O)CN(C)C(=O)C(=O)Nc1ccc(C)cc1. The molecule has 0 atom stereocenters. The summed E-state index contributed by atoms with van der Waals surface area (Å²) in [4.78, 5) is 35.7. The fraction of sp³-hybridized carbons (Fsp3) is 0.357. The van der Waals surface area contributed by atoms with Crippen molar-refractivity contribution in [3.63, 3.8) is 0 Å². The Hall–Kier alpha value is -2.37. The van der Waals surface area contributed by atoms with Crippen molar-refractivity contribution in [2.45, 2.75) is 13.8 Å². The van der Waals surface area contributed by atoms with Gasteiger partial charge in [0, 0.05) is 12.7 Å². The van der Waals surface area contributed by atoms with E-state index in [0.29, 0.717) is 5.69 Å². The van der Waals surface area contributed by atoms with Gasteiger partial charge >= 0.3 is 17.8 Å². The number of carbonyl (C=O) groups excluding carboxylic acids is 3. The topological polar surface area (TPSA) is 75.7 Å². The number of benzene rings is 1. The molecule has 0 bridgehead atoms. The lowest BCUT2D eigenvalue weighted by atomic mass is 10.2. The lowest BCUT2D eigenvalue weighted by Crippen LogP contribution is -2.40. The molecule has 0 saturated carbocycles. The molecule has 1 aromatic rings. The van der Waals surface area contributed by atoms with Crippen molar-refractivity contribution in [3.8, 4) is 0 Å². The van der Waals surface area contributed by atoms with Gasteiger partial charge in [-0.05, 0) is 26.0 Å². The highest BCUT2D eigenvalue weighted by Gasteiger charge is 2.21. The maximum absolute atomic E-state index is 11.8. The van der Waals surface area contributed by atoms with Crippen LogP contribution in [-0.2, 0) is 19.1 Å². The second-order valence-corrected chi connectivity index (χ2v) is 4.29. The molecule has 0 spiro atoms. The third-order valence-corrected chi connectivity index (χ3v) is 2.52. The summed E-state index contributed by atoms with van der Waals surface area (Å²) in [5.41, 5.74) is 1.58. The number of hydrogen-bond donors (Lipinski definition) is 1. The van der Waals surface area contributed by atoms with E-state index in [4.69, 9.17) is 4.74 Å². The molecule has 0 unspecified atom stereocenters. The maximum atomic E-state index is 11.8. The Morgan fingerprint density at radius 3 is 2.35 bits per heavy atom. The first-order valence-electron chi connectivity index (χ1n) is 6.22. The number of carbonyl (C=O) groups is 3. The van der Waals surface area contributed by atoms with E-state index in [1.165, 1.54) is 7.05 Å². The normalized spacial score (nSPS) is 9.75. The number of amides is 2. The Morgan fingerprint density at radius 2 is 1.80 bits per heavy atom. The summed E-state index contributed by atoms with van der Waals surface area (Å²) < 4.78 is 4.71. The van der Waals surface area contributed by atoms with Gasteiger partial charge in [0.1, 0.15) is 6.54 Å². The average molecular weight is 278 g/mol. The average Bonchev–Trinajstić information content (AvgIpc) is 2.40. The first-order chi connectivity index (χ1) is 9.43. The molecule has 1 N–H and O–H groups in total. The summed E-state index contributed by atoms with van der Waals surface area (Å²) in [6.07, 6.45) is 0. The zero-order chi connectivity index (χ0) is 15.1. The minimum atomic E-state index is -0.793. The predicted octanol–water partition coefficient (Wildman–Crippen LogP) is 0.955. The van der Waals surface area contributed by atoms with E-state index in [-0.39, 0.29) is 13.2 Å². The van der Waals surface area contributed by atoms with Gasteiger partial charge in [0.25, 0.3) is 0 Å². The standard InChI is InChI=1S/C14H18N2O4/c1-4-20-12(17)9-16(3)14(19)13(18)15-11-7-5-10(2)6-8-11/h5-8H,4,9H2,1-3H3,(H,15,18). The lowest BCUT2D eigenvalue weighted by Gasteiger charge is -2.15. The fourth-order valence-corrected chi connectivity index (χ4v) is 1.47. The van der Waals surface area contributed by atoms with Gasteiger partial charge in [0.05, 0.1) is 6.61 Å². The number of likely N-dealkylation sites (N-methyl/N-ethyl adjacent to an activating group) is 1. The van der Waals surface area contributed by atoms with E-state index in [1.54, 1.807) is 19.1 Å². The Labute approximate surface area is 117 Å². The van der Waals surface area contributed by atoms with Gasteiger partial charge in [-0.2, -0.15) is 0 Å². The molecule has 108 valence electrons. The van der Waals surface area contributed by atoms with Crippen LogP contribution in [0.4, 0.5) is 5.69 Å². The second-order valence-electron chi connectivity index (χ2n) is 4.29. The van der Waals surface area contributed by atoms with Crippen LogP contribution in [0.15, 0.2) is 24.3 Å². The summed E-state index contributed by atoms with van der Waals surface area (Å²) in [5, 5.41) is 2.47. The second kappa shape index (κ2) is 7.28. The van der Waals surface area contributed by atoms with Crippen molar-refractivity contribution in [1.29, 1.82) is 0 Å². The van der Waals surface area contributed by atoms with E-state index < -0.39 is 17.8 Å². The first-order valence-corrected chi connectivity index (χ1v) is 6.22. The molecular formula is C14H18N2O4. The van der Waals surface area contributed by atoms with Crippen LogP contribution in [0, 0.1) is 6.92 Å². The lowest BCUT2D eigenvalue weighted by molar-refractivity contribution is -0.150. The minimum absolute atomic E-state index is 0.233. The molecule has 0 aromatic heterocycles. The Balaban J connectivity index is 2.56. The number of ether oxygens (including phenoxy) is 1. The highest BCUT2D eigenvalue weighted by atomic mass is 16.5. The van der Waals surface area contributed by atoms with Crippen molar-refractivity contribution in [2.24, 2.45) is 0 Å². The smallest absolute Gasteiger partial charge is 0.325 e. The number of esters is 1. The number of anilines is 1. The van der Waals surface area contributed by atoms with Crippen molar-refractivity contribution < 1.29 is 19.1 Å². The predicted molar refractivity (Wildman–Crippen MR) is 74.1 cm³/mol. The highest BCUT2D eigenvalue weighted by molar-refractivity contribution is 6.39. The first kappa shape index (κ1) is 15.7. The molecule has 1 rings (SSSR count). The number of rotatable bonds is 4. The maximum Gasteiger partial charge on any atom is 0.325 e. The molecule has 0 aliphatic rings. The molecule has 20 heavy (non-hydrogen) atoms. The van der Waals surface area contributed by atoms with E-state index in [2.05, 4.69) is 5.32 Å². The van der Waals surface area contributed by atoms with Crippen LogP contribution in [0.2, 0.25) is 0 Å². The van der Waals surface area contributed by atoms with E-state index in [0.717, 1.165) is 10.5 Å². The quantitative estimate of drug-likeness (QED) is 0.657. The van der Waals surface area contributed by atoms with Gasteiger partial charge < -0.3 is 15.0 Å². The molecule has 6 nitrogen and oxygen atoms in total. The summed E-state index contributed by atoms with van der Waals surface area (Å²) in [6.45, 7) is 3.57. The number of nitrogens with zero attached hydrogens (tertiary/aromatic N) is 1. The van der Waals surface area contributed by atoms with E-state index in [9.17, 15) is 14.4 Å². The van der Waals surface area contributed by atoms with Gasteiger partial charge in [0.2, 0.25) is 0 Å². The van der Waals surface area contributed by atoms with Gasteiger partial charge in [-0.15, -0.1) is 0 Å². The van der Waals surface area contributed by atoms with Gasteiger partial charge in [0.15, 0.2) is 0 Å². The van der Waals surface area contributed by atoms with Gasteiger partial charge in [-0.3, -0.25) is 14.4 Å². The number of nitrogens with one attached hydrogen (secondary N) is 1. The zero-order valence-corrected chi connectivity index (χ0v) is 11.8. The molecule has 6 heteroatoms. The van der Waals surface area contributed by atoms with Gasteiger partial charge in [-0.1, -0.05) is 17.7 Å². The third kappa shape index (κ3) is 4.72. The van der Waals surface area contributed by atoms with Crippen LogP contribution in [0.25, 0.3) is 0 Å². The molecule has 0 saturated heterocycles. The van der Waals surface area contributed by atoms with Crippen molar-refractivity contribution in [3.05, 3.63) is 29.8 Å². The fourth-order valence-electron chi connectivity index (χ4n) is 1.47. The van der Waals surface area contributed by atoms with Crippen LogP contribution in [-0.4, -0.2) is 42.9 Å². The van der Waals surface area contributed by atoms with Crippen LogP contribution >= 0.6 is 0 Å². The Bertz CT molecular complexity index is 496. The Morgan fingerprint density at radius 1 is 1.20 bits per heavy atom. The molecule has 1 aromatic carbocycles.